The summed E-state index contributed by atoms with van der Waals surface area (Å²) in [6, 6.07) is 0.745. The maximum atomic E-state index is 11.7. The quantitative estimate of drug-likeness (QED) is 0.623. The third-order valence-corrected chi connectivity index (χ3v) is 4.22. The molecule has 0 aromatic rings. The molecule has 0 spiro atoms. The molecule has 3 N–H and O–H groups in total. The van der Waals surface area contributed by atoms with Gasteiger partial charge >= 0.3 is 0 Å². The second-order valence-corrected chi connectivity index (χ2v) is 5.77. The molecule has 0 aromatic heterocycles. The molecule has 0 aromatic carbocycles. The highest BCUT2D eigenvalue weighted by Gasteiger charge is 2.17. The van der Waals surface area contributed by atoms with Crippen molar-refractivity contribution in [2.75, 3.05) is 33.8 Å². The molecule has 5 heteroatoms. The number of ether oxygens (including phenoxy) is 1. The summed E-state index contributed by atoms with van der Waals surface area (Å²) in [5, 5.41) is 2.94. The molecule has 1 rings (SSSR count). The first-order valence-electron chi connectivity index (χ1n) is 7.87. The lowest BCUT2D eigenvalue weighted by Gasteiger charge is -2.31. The van der Waals surface area contributed by atoms with E-state index in [-0.39, 0.29) is 12.0 Å². The Labute approximate surface area is 123 Å². The van der Waals surface area contributed by atoms with Crippen molar-refractivity contribution in [1.29, 1.82) is 0 Å². The van der Waals surface area contributed by atoms with Crippen LogP contribution in [0.25, 0.3) is 0 Å². The summed E-state index contributed by atoms with van der Waals surface area (Å²) in [6.45, 7) is 2.17. The Hall–Kier alpha value is -0.650. The van der Waals surface area contributed by atoms with Gasteiger partial charge in [0.1, 0.15) is 0 Å². The molecule has 1 amide bonds. The number of hydrogen-bond acceptors (Lipinski definition) is 4. The molecule has 0 heterocycles. The first-order chi connectivity index (χ1) is 9.67. The van der Waals surface area contributed by atoms with Gasteiger partial charge in [0.15, 0.2) is 0 Å². The Morgan fingerprint density at radius 1 is 1.40 bits per heavy atom. The minimum atomic E-state index is -0.167. The molecule has 118 valence electrons. The molecule has 1 atom stereocenters. The molecular weight excluding hydrogens is 254 g/mol. The SMILES string of the molecule is COC(CN)CC(=O)NCCCN(C)C1CCCCC1. The lowest BCUT2D eigenvalue weighted by Crippen LogP contribution is -2.36. The maximum absolute atomic E-state index is 11.7. The van der Waals surface area contributed by atoms with E-state index in [9.17, 15) is 4.79 Å². The molecule has 0 radical (unpaired) electrons. The number of carbonyl (C=O) groups excluding carboxylic acids is 1. The van der Waals surface area contributed by atoms with E-state index in [0.717, 1.165) is 25.6 Å². The molecule has 0 aliphatic heterocycles. The van der Waals surface area contributed by atoms with Crippen molar-refractivity contribution in [3.8, 4) is 0 Å². The highest BCUT2D eigenvalue weighted by atomic mass is 16.5. The van der Waals surface area contributed by atoms with Crippen LogP contribution in [0.5, 0.6) is 0 Å². The van der Waals surface area contributed by atoms with Crippen LogP contribution in [0.2, 0.25) is 0 Å². The molecular formula is C15H31N3O2. The van der Waals surface area contributed by atoms with E-state index in [4.69, 9.17) is 10.5 Å². The summed E-state index contributed by atoms with van der Waals surface area (Å²) in [6.07, 6.45) is 7.96. The summed E-state index contributed by atoms with van der Waals surface area (Å²) in [7, 11) is 3.79. The van der Waals surface area contributed by atoms with Crippen molar-refractivity contribution >= 4 is 5.91 Å². The standard InChI is InChI=1S/C15H31N3O2/c1-18(13-7-4-3-5-8-13)10-6-9-17-15(19)11-14(12-16)20-2/h13-14H,3-12,16H2,1-2H3,(H,17,19). The average molecular weight is 285 g/mol. The summed E-state index contributed by atoms with van der Waals surface area (Å²) >= 11 is 0. The van der Waals surface area contributed by atoms with Gasteiger partial charge < -0.3 is 20.7 Å². The summed E-state index contributed by atoms with van der Waals surface area (Å²) < 4.78 is 5.10. The van der Waals surface area contributed by atoms with Gasteiger partial charge in [-0.05, 0) is 32.9 Å². The fourth-order valence-electron chi connectivity index (χ4n) is 2.80. The Kier molecular flexibility index (Phi) is 8.82. The fraction of sp³-hybridized carbons (Fsp3) is 0.933. The van der Waals surface area contributed by atoms with E-state index in [1.807, 2.05) is 0 Å². The normalized spacial score (nSPS) is 18.2. The molecule has 0 saturated heterocycles. The van der Waals surface area contributed by atoms with Crippen molar-refractivity contribution in [2.24, 2.45) is 5.73 Å². The highest BCUT2D eigenvalue weighted by molar-refractivity contribution is 5.76. The van der Waals surface area contributed by atoms with Crippen LogP contribution in [0.1, 0.15) is 44.9 Å². The number of amides is 1. The van der Waals surface area contributed by atoms with Crippen molar-refractivity contribution < 1.29 is 9.53 Å². The molecule has 1 aliphatic carbocycles. The highest BCUT2D eigenvalue weighted by Crippen LogP contribution is 2.21. The Balaban J connectivity index is 2.07. The number of hydrogen-bond donors (Lipinski definition) is 2. The van der Waals surface area contributed by atoms with Gasteiger partial charge in [-0.15, -0.1) is 0 Å². The van der Waals surface area contributed by atoms with Crippen LogP contribution in [-0.2, 0) is 9.53 Å². The second-order valence-electron chi connectivity index (χ2n) is 5.77. The summed E-state index contributed by atoms with van der Waals surface area (Å²) in [4.78, 5) is 14.1. The predicted molar refractivity (Wildman–Crippen MR) is 81.6 cm³/mol. The van der Waals surface area contributed by atoms with Gasteiger partial charge in [-0.25, -0.2) is 0 Å². The first kappa shape index (κ1) is 17.4. The minimum absolute atomic E-state index is 0.0302. The number of carbonyl (C=O) groups is 1. The number of nitrogens with one attached hydrogen (secondary N) is 1. The van der Waals surface area contributed by atoms with Crippen molar-refractivity contribution in [1.82, 2.24) is 10.2 Å². The van der Waals surface area contributed by atoms with E-state index in [1.54, 1.807) is 7.11 Å². The van der Waals surface area contributed by atoms with Crippen LogP contribution < -0.4 is 11.1 Å². The Morgan fingerprint density at radius 2 is 2.10 bits per heavy atom. The largest absolute Gasteiger partial charge is 0.380 e. The Morgan fingerprint density at radius 3 is 2.70 bits per heavy atom. The summed E-state index contributed by atoms with van der Waals surface area (Å²) in [5.41, 5.74) is 5.50. The topological polar surface area (TPSA) is 67.6 Å². The average Bonchev–Trinajstić information content (AvgIpc) is 2.49. The van der Waals surface area contributed by atoms with Crippen LogP contribution >= 0.6 is 0 Å². The third-order valence-electron chi connectivity index (χ3n) is 4.22. The maximum Gasteiger partial charge on any atom is 0.222 e. The lowest BCUT2D eigenvalue weighted by molar-refractivity contribution is -0.123. The van der Waals surface area contributed by atoms with Gasteiger partial charge in [-0.1, -0.05) is 19.3 Å². The number of nitrogens with two attached hydrogens (primary N) is 1. The number of rotatable bonds is 9. The van der Waals surface area contributed by atoms with E-state index in [2.05, 4.69) is 17.3 Å². The molecule has 5 nitrogen and oxygen atoms in total. The van der Waals surface area contributed by atoms with Gasteiger partial charge in [0.05, 0.1) is 12.5 Å². The third kappa shape index (κ3) is 6.68. The van der Waals surface area contributed by atoms with Gasteiger partial charge in [0.25, 0.3) is 0 Å². The van der Waals surface area contributed by atoms with Crippen LogP contribution in [0.15, 0.2) is 0 Å². The summed E-state index contributed by atoms with van der Waals surface area (Å²) in [5.74, 6) is 0.0302. The monoisotopic (exact) mass is 285 g/mol. The van der Waals surface area contributed by atoms with E-state index in [1.165, 1.54) is 32.1 Å². The van der Waals surface area contributed by atoms with Crippen LogP contribution in [0.4, 0.5) is 0 Å². The smallest absolute Gasteiger partial charge is 0.222 e. The van der Waals surface area contributed by atoms with Gasteiger partial charge in [0, 0.05) is 26.2 Å². The fourth-order valence-corrected chi connectivity index (χ4v) is 2.80. The zero-order valence-corrected chi connectivity index (χ0v) is 13.1. The van der Waals surface area contributed by atoms with E-state index < -0.39 is 0 Å². The van der Waals surface area contributed by atoms with Crippen LogP contribution in [0.3, 0.4) is 0 Å². The number of methoxy groups -OCH3 is 1. The molecule has 1 fully saturated rings. The van der Waals surface area contributed by atoms with Crippen molar-refractivity contribution in [3.05, 3.63) is 0 Å². The molecule has 1 aliphatic rings. The molecule has 1 saturated carbocycles. The van der Waals surface area contributed by atoms with Gasteiger partial charge in [0.2, 0.25) is 5.91 Å². The minimum Gasteiger partial charge on any atom is -0.380 e. The van der Waals surface area contributed by atoms with Gasteiger partial charge in [-0.2, -0.15) is 0 Å². The lowest BCUT2D eigenvalue weighted by atomic mass is 9.94. The zero-order chi connectivity index (χ0) is 14.8. The van der Waals surface area contributed by atoms with Crippen molar-refractivity contribution in [2.45, 2.75) is 57.1 Å². The molecule has 20 heavy (non-hydrogen) atoms. The van der Waals surface area contributed by atoms with Crippen molar-refractivity contribution in [3.63, 3.8) is 0 Å². The van der Waals surface area contributed by atoms with Gasteiger partial charge in [-0.3, -0.25) is 4.79 Å². The number of nitrogens with zero attached hydrogens (tertiary/aromatic N) is 1. The molecule has 0 bridgehead atoms. The molecule has 1 unspecified atom stereocenters. The van der Waals surface area contributed by atoms with Crippen LogP contribution in [0, 0.1) is 0 Å². The predicted octanol–water partition coefficient (Wildman–Crippen LogP) is 1.12. The second kappa shape index (κ2) is 10.1. The zero-order valence-electron chi connectivity index (χ0n) is 13.1. The van der Waals surface area contributed by atoms with E-state index >= 15 is 0 Å². The van der Waals surface area contributed by atoms with E-state index in [0.29, 0.717) is 13.0 Å². The first-order valence-corrected chi connectivity index (χ1v) is 7.87. The van der Waals surface area contributed by atoms with Crippen LogP contribution in [-0.4, -0.2) is 56.7 Å². The Bertz CT molecular complexity index is 264.